The van der Waals surface area contributed by atoms with Crippen molar-refractivity contribution in [2.24, 2.45) is 0 Å². The van der Waals surface area contributed by atoms with Crippen molar-refractivity contribution in [1.29, 1.82) is 0 Å². The van der Waals surface area contributed by atoms with Gasteiger partial charge in [0.25, 0.3) is 12.0 Å². The maximum Gasteiger partial charge on any atom is 0.405 e. The lowest BCUT2D eigenvalue weighted by atomic mass is 10.1. The number of thiazole rings is 1. The van der Waals surface area contributed by atoms with Gasteiger partial charge in [0.2, 0.25) is 11.8 Å². The highest BCUT2D eigenvalue weighted by atomic mass is 32.1. The van der Waals surface area contributed by atoms with E-state index < -0.39 is 36.6 Å². The van der Waals surface area contributed by atoms with Gasteiger partial charge in [0, 0.05) is 20.3 Å². The standard InChI is InChI=1S/C25H27F2N5O6S/c1-31(2)21(33)11-4-3-7-16(30-25(36)37)23(34)29-17-9-6-12-32(24(17)35)13-20-28-15-8-5-10-18(22(15)39-20)38-14-19(26)27/h4-6,8-12,16,19,30H,3,7,13-14H2,1-2H3,(H,29,34)(H,36,37)/b11-4+/t16-/m0/s1. The Morgan fingerprint density at radius 1 is 1.23 bits per heavy atom. The number of hydrogen-bond acceptors (Lipinski definition) is 7. The Morgan fingerprint density at radius 2 is 2.00 bits per heavy atom. The van der Waals surface area contributed by atoms with Crippen LogP contribution in [0.5, 0.6) is 5.75 Å². The van der Waals surface area contributed by atoms with Gasteiger partial charge < -0.3 is 29.9 Å². The summed E-state index contributed by atoms with van der Waals surface area (Å²) in [6, 6.07) is 6.64. The lowest BCUT2D eigenvalue weighted by Crippen LogP contribution is -2.44. The Bertz CT molecular complexity index is 1420. The molecule has 0 aliphatic carbocycles. The number of carbonyl (C=O) groups is 3. The molecule has 0 aliphatic rings. The zero-order valence-electron chi connectivity index (χ0n) is 21.1. The fourth-order valence-electron chi connectivity index (χ4n) is 3.44. The summed E-state index contributed by atoms with van der Waals surface area (Å²) in [7, 11) is 3.17. The van der Waals surface area contributed by atoms with E-state index in [1.807, 2.05) is 0 Å². The Balaban J connectivity index is 1.73. The Hall–Kier alpha value is -4.33. The zero-order chi connectivity index (χ0) is 28.5. The van der Waals surface area contributed by atoms with E-state index >= 15 is 0 Å². The van der Waals surface area contributed by atoms with Crippen molar-refractivity contribution in [3.63, 3.8) is 0 Å². The van der Waals surface area contributed by atoms with E-state index in [9.17, 15) is 28.0 Å². The first-order chi connectivity index (χ1) is 18.5. The number of nitrogens with one attached hydrogen (secondary N) is 2. The maximum absolute atomic E-state index is 13.0. The fraction of sp³-hybridized carbons (Fsp3) is 0.320. The zero-order valence-corrected chi connectivity index (χ0v) is 21.9. The van der Waals surface area contributed by atoms with E-state index in [1.165, 1.54) is 51.3 Å². The number of hydrogen-bond donors (Lipinski definition) is 3. The van der Waals surface area contributed by atoms with Crippen LogP contribution in [0.1, 0.15) is 17.8 Å². The van der Waals surface area contributed by atoms with E-state index in [1.54, 1.807) is 32.3 Å². The van der Waals surface area contributed by atoms with Crippen molar-refractivity contribution in [1.82, 2.24) is 19.8 Å². The minimum atomic E-state index is -2.63. The molecular formula is C25H27F2N5O6S. The van der Waals surface area contributed by atoms with Crippen LogP contribution in [0.2, 0.25) is 0 Å². The third-order valence-corrected chi connectivity index (χ3v) is 6.38. The van der Waals surface area contributed by atoms with Crippen LogP contribution < -0.4 is 20.9 Å². The predicted molar refractivity (Wildman–Crippen MR) is 142 cm³/mol. The molecule has 2 heterocycles. The highest BCUT2D eigenvalue weighted by Gasteiger charge is 2.21. The van der Waals surface area contributed by atoms with Gasteiger partial charge in [0.05, 0.1) is 16.8 Å². The van der Waals surface area contributed by atoms with Crippen LogP contribution in [-0.2, 0) is 16.1 Å². The summed E-state index contributed by atoms with van der Waals surface area (Å²) in [5, 5.41) is 14.2. The number of carbonyl (C=O) groups excluding carboxylic acids is 2. The van der Waals surface area contributed by atoms with Gasteiger partial charge in [0.15, 0.2) is 0 Å². The smallest absolute Gasteiger partial charge is 0.405 e. The number of nitrogens with zero attached hydrogens (tertiary/aromatic N) is 3. The van der Waals surface area contributed by atoms with Crippen LogP contribution in [0.4, 0.5) is 19.3 Å². The summed E-state index contributed by atoms with van der Waals surface area (Å²) in [4.78, 5) is 54.5. The van der Waals surface area contributed by atoms with Crippen molar-refractivity contribution >= 4 is 45.1 Å². The van der Waals surface area contributed by atoms with Crippen LogP contribution in [-0.4, -0.2) is 70.6 Å². The number of halogens is 2. The summed E-state index contributed by atoms with van der Waals surface area (Å²) in [5.41, 5.74) is -0.0897. The summed E-state index contributed by atoms with van der Waals surface area (Å²) >= 11 is 1.19. The molecule has 0 aliphatic heterocycles. The van der Waals surface area contributed by atoms with Crippen LogP contribution >= 0.6 is 11.3 Å². The molecule has 0 fully saturated rings. The van der Waals surface area contributed by atoms with Crippen LogP contribution in [0, 0.1) is 0 Å². The normalized spacial score (nSPS) is 12.0. The average Bonchev–Trinajstić information content (AvgIpc) is 3.29. The number of amides is 3. The number of anilines is 1. The number of carboxylic acid groups (broad SMARTS) is 1. The van der Waals surface area contributed by atoms with Gasteiger partial charge in [-0.3, -0.25) is 14.4 Å². The third kappa shape index (κ3) is 8.33. The number of fused-ring (bicyclic) bond motifs is 1. The molecule has 0 spiro atoms. The number of benzene rings is 1. The highest BCUT2D eigenvalue weighted by molar-refractivity contribution is 7.19. The quantitative estimate of drug-likeness (QED) is 0.287. The van der Waals surface area contributed by atoms with Gasteiger partial charge in [-0.25, -0.2) is 18.6 Å². The lowest BCUT2D eigenvalue weighted by Gasteiger charge is -2.16. The molecule has 0 saturated heterocycles. The fourth-order valence-corrected chi connectivity index (χ4v) is 4.47. The maximum atomic E-state index is 13.0. The molecule has 3 aromatic rings. The van der Waals surface area contributed by atoms with Gasteiger partial charge in [0.1, 0.15) is 29.1 Å². The number of ether oxygens (including phenoxy) is 1. The highest BCUT2D eigenvalue weighted by Crippen LogP contribution is 2.31. The number of rotatable bonds is 12. The van der Waals surface area contributed by atoms with Crippen LogP contribution in [0.25, 0.3) is 10.2 Å². The van der Waals surface area contributed by atoms with Gasteiger partial charge in [-0.1, -0.05) is 12.1 Å². The SMILES string of the molecule is CN(C)C(=O)/C=C/CC[C@H](NC(=O)O)C(=O)Nc1cccn(Cc2nc3cccc(OCC(F)F)c3s2)c1=O. The molecule has 0 saturated carbocycles. The molecule has 208 valence electrons. The summed E-state index contributed by atoms with van der Waals surface area (Å²) in [6.45, 7) is -0.715. The van der Waals surface area contributed by atoms with Crippen molar-refractivity contribution in [3.05, 3.63) is 64.0 Å². The number of likely N-dealkylation sites (N-methyl/N-ethyl adjacent to an activating group) is 1. The first kappa shape index (κ1) is 29.2. The molecule has 0 bridgehead atoms. The monoisotopic (exact) mass is 563 g/mol. The van der Waals surface area contributed by atoms with E-state index in [2.05, 4.69) is 15.6 Å². The van der Waals surface area contributed by atoms with E-state index in [0.717, 1.165) is 0 Å². The van der Waals surface area contributed by atoms with Gasteiger partial charge in [-0.15, -0.1) is 11.3 Å². The number of alkyl halides is 2. The van der Waals surface area contributed by atoms with Crippen LogP contribution in [0.3, 0.4) is 0 Å². The molecule has 1 atom stereocenters. The number of aromatic nitrogens is 2. The van der Waals surface area contributed by atoms with Gasteiger partial charge >= 0.3 is 6.09 Å². The molecule has 14 heteroatoms. The van der Waals surface area contributed by atoms with E-state index in [-0.39, 0.29) is 36.7 Å². The molecule has 0 unspecified atom stereocenters. The number of allylic oxidation sites excluding steroid dienone is 1. The van der Waals surface area contributed by atoms with Crippen LogP contribution in [0.15, 0.2) is 53.5 Å². The second kappa shape index (κ2) is 13.5. The molecular weight excluding hydrogens is 536 g/mol. The molecule has 39 heavy (non-hydrogen) atoms. The second-order valence-electron chi connectivity index (χ2n) is 8.47. The first-order valence-electron chi connectivity index (χ1n) is 11.7. The Labute approximate surface area is 225 Å². The average molecular weight is 564 g/mol. The summed E-state index contributed by atoms with van der Waals surface area (Å²) in [5.74, 6) is -0.722. The van der Waals surface area contributed by atoms with Gasteiger partial charge in [-0.2, -0.15) is 0 Å². The third-order valence-electron chi connectivity index (χ3n) is 5.31. The molecule has 11 nitrogen and oxygen atoms in total. The summed E-state index contributed by atoms with van der Waals surface area (Å²) < 4.78 is 32.2. The molecule has 1 aromatic carbocycles. The predicted octanol–water partition coefficient (Wildman–Crippen LogP) is 3.15. The molecule has 3 N–H and O–H groups in total. The first-order valence-corrected chi connectivity index (χ1v) is 12.5. The van der Waals surface area contributed by atoms with Gasteiger partial charge in [-0.05, 0) is 43.2 Å². The minimum Gasteiger partial charge on any atom is -0.486 e. The lowest BCUT2D eigenvalue weighted by molar-refractivity contribution is -0.123. The van der Waals surface area contributed by atoms with Crippen molar-refractivity contribution in [2.45, 2.75) is 31.9 Å². The summed E-state index contributed by atoms with van der Waals surface area (Å²) in [6.07, 6.45) is 0.596. The topological polar surface area (TPSA) is 143 Å². The Morgan fingerprint density at radius 3 is 2.69 bits per heavy atom. The molecule has 2 aromatic heterocycles. The Kier molecular flexibility index (Phi) is 10.1. The number of pyridine rings is 1. The molecule has 0 radical (unpaired) electrons. The van der Waals surface area contributed by atoms with Crippen molar-refractivity contribution in [3.8, 4) is 5.75 Å². The van der Waals surface area contributed by atoms with Crippen molar-refractivity contribution in [2.75, 3.05) is 26.0 Å². The molecule has 3 amide bonds. The largest absolute Gasteiger partial charge is 0.486 e. The van der Waals surface area contributed by atoms with E-state index in [4.69, 9.17) is 9.84 Å². The minimum absolute atomic E-state index is 0.0394. The molecule has 3 rings (SSSR count). The van der Waals surface area contributed by atoms with E-state index in [0.29, 0.717) is 15.2 Å². The van der Waals surface area contributed by atoms with Crippen molar-refractivity contribution < 1.29 is 33.0 Å². The second-order valence-corrected chi connectivity index (χ2v) is 9.56.